The van der Waals surface area contributed by atoms with E-state index >= 15 is 0 Å². The fraction of sp³-hybridized carbons (Fsp3) is 0.957. The molecule has 2 unspecified atom stereocenters. The first-order valence-corrected chi connectivity index (χ1v) is 25.7. The van der Waals surface area contributed by atoms with Gasteiger partial charge in [0.1, 0.15) is 19.8 Å². The van der Waals surface area contributed by atoms with Crippen molar-refractivity contribution in [1.29, 1.82) is 0 Å². The standard InChI is InChI=1S/C47H94NO8P/c1-6-8-10-12-14-16-18-20-22-24-26-28-30-32-34-36-38-40-47(50)56-45(44-55-57(51,52)54-42-41-48(3,4)5)43-53-46(49)39-37-35-33-31-29-27-25-23-21-19-17-15-13-11-9-7-2/h45H,6-44H2,1-5H3. The number of phosphoric acid groups is 1. The Balaban J connectivity index is 4.25. The Bertz CT molecular complexity index is 943. The second kappa shape index (κ2) is 40.4. The van der Waals surface area contributed by atoms with Gasteiger partial charge in [-0.1, -0.05) is 213 Å². The van der Waals surface area contributed by atoms with Crippen LogP contribution in [0.15, 0.2) is 0 Å². The number of hydrogen-bond acceptors (Lipinski definition) is 8. The van der Waals surface area contributed by atoms with Crippen LogP contribution in [0, 0.1) is 0 Å². The smallest absolute Gasteiger partial charge is 0.306 e. The van der Waals surface area contributed by atoms with Gasteiger partial charge in [0.15, 0.2) is 6.10 Å². The number of esters is 2. The Morgan fingerprint density at radius 3 is 1.12 bits per heavy atom. The number of unbranched alkanes of at least 4 members (excludes halogenated alkanes) is 31. The highest BCUT2D eigenvalue weighted by atomic mass is 31.2. The van der Waals surface area contributed by atoms with Gasteiger partial charge in [-0.15, -0.1) is 0 Å². The van der Waals surface area contributed by atoms with Crippen molar-refractivity contribution in [2.75, 3.05) is 47.5 Å². The summed E-state index contributed by atoms with van der Waals surface area (Å²) < 4.78 is 34.0. The molecule has 0 rings (SSSR count). The van der Waals surface area contributed by atoms with E-state index in [1.165, 1.54) is 173 Å². The molecule has 0 amide bonds. The molecule has 340 valence electrons. The molecule has 0 saturated carbocycles. The lowest BCUT2D eigenvalue weighted by Gasteiger charge is -2.28. The van der Waals surface area contributed by atoms with Crippen molar-refractivity contribution in [3.05, 3.63) is 0 Å². The summed E-state index contributed by atoms with van der Waals surface area (Å²) >= 11 is 0. The van der Waals surface area contributed by atoms with Crippen LogP contribution < -0.4 is 4.89 Å². The summed E-state index contributed by atoms with van der Waals surface area (Å²) in [5.41, 5.74) is 0. The maximum atomic E-state index is 12.7. The van der Waals surface area contributed by atoms with Gasteiger partial charge in [0.05, 0.1) is 27.7 Å². The molecule has 2 atom stereocenters. The zero-order chi connectivity index (χ0) is 42.1. The van der Waals surface area contributed by atoms with E-state index in [1.807, 2.05) is 21.1 Å². The van der Waals surface area contributed by atoms with Crippen LogP contribution in [0.25, 0.3) is 0 Å². The van der Waals surface area contributed by atoms with Crippen molar-refractivity contribution in [3.8, 4) is 0 Å². The van der Waals surface area contributed by atoms with Gasteiger partial charge < -0.3 is 27.9 Å². The number of carbonyl (C=O) groups excluding carboxylic acids is 2. The maximum Gasteiger partial charge on any atom is 0.306 e. The third-order valence-corrected chi connectivity index (χ3v) is 11.8. The molecule has 10 heteroatoms. The van der Waals surface area contributed by atoms with Crippen LogP contribution in [-0.4, -0.2) is 70.0 Å². The highest BCUT2D eigenvalue weighted by molar-refractivity contribution is 7.45. The summed E-state index contributed by atoms with van der Waals surface area (Å²) in [5, 5.41) is 0. The number of rotatable bonds is 45. The Labute approximate surface area is 353 Å². The predicted molar refractivity (Wildman–Crippen MR) is 236 cm³/mol. The van der Waals surface area contributed by atoms with Crippen LogP contribution in [0.5, 0.6) is 0 Å². The van der Waals surface area contributed by atoms with E-state index in [2.05, 4.69) is 13.8 Å². The average molecular weight is 832 g/mol. The predicted octanol–water partition coefficient (Wildman–Crippen LogP) is 13.3. The first-order valence-electron chi connectivity index (χ1n) is 24.2. The monoisotopic (exact) mass is 832 g/mol. The Kier molecular flexibility index (Phi) is 39.7. The minimum absolute atomic E-state index is 0.0255. The fourth-order valence-electron chi connectivity index (χ4n) is 7.07. The number of ether oxygens (including phenoxy) is 2. The van der Waals surface area contributed by atoms with E-state index in [-0.39, 0.29) is 32.0 Å². The van der Waals surface area contributed by atoms with Gasteiger partial charge in [-0.25, -0.2) is 0 Å². The Morgan fingerprint density at radius 2 is 0.789 bits per heavy atom. The molecule has 0 aromatic carbocycles. The number of phosphoric ester groups is 1. The van der Waals surface area contributed by atoms with Crippen molar-refractivity contribution >= 4 is 19.8 Å². The van der Waals surface area contributed by atoms with Crippen molar-refractivity contribution < 1.29 is 42.1 Å². The van der Waals surface area contributed by atoms with Gasteiger partial charge >= 0.3 is 11.9 Å². The molecule has 0 bridgehead atoms. The van der Waals surface area contributed by atoms with E-state index in [9.17, 15) is 19.0 Å². The lowest BCUT2D eigenvalue weighted by Crippen LogP contribution is -2.37. The summed E-state index contributed by atoms with van der Waals surface area (Å²) in [6, 6.07) is 0. The molecule has 0 aliphatic carbocycles. The summed E-state index contributed by atoms with van der Waals surface area (Å²) in [6.07, 6.45) is 41.2. The first-order chi connectivity index (χ1) is 27.5. The molecule has 0 N–H and O–H groups in total. The third kappa shape index (κ3) is 44.4. The highest BCUT2D eigenvalue weighted by Crippen LogP contribution is 2.38. The fourth-order valence-corrected chi connectivity index (χ4v) is 7.80. The molecule has 9 nitrogen and oxygen atoms in total. The molecule has 0 heterocycles. The van der Waals surface area contributed by atoms with Crippen LogP contribution in [0.4, 0.5) is 0 Å². The number of carbonyl (C=O) groups is 2. The summed E-state index contributed by atoms with van der Waals surface area (Å²) in [6.45, 7) is 4.28. The molecular weight excluding hydrogens is 737 g/mol. The second-order valence-electron chi connectivity index (χ2n) is 17.8. The molecule has 0 aromatic heterocycles. The Morgan fingerprint density at radius 1 is 0.474 bits per heavy atom. The number of quaternary nitrogens is 1. The molecule has 0 radical (unpaired) electrons. The minimum atomic E-state index is -4.62. The molecule has 57 heavy (non-hydrogen) atoms. The molecule has 0 aliphatic rings. The van der Waals surface area contributed by atoms with Crippen molar-refractivity contribution in [3.63, 3.8) is 0 Å². The zero-order valence-corrected chi connectivity index (χ0v) is 39.2. The second-order valence-corrected chi connectivity index (χ2v) is 19.3. The molecular formula is C47H94NO8P. The van der Waals surface area contributed by atoms with E-state index < -0.39 is 26.5 Å². The SMILES string of the molecule is CCCCCCCCCCCCCCCCCCCC(=O)OC(COC(=O)CCCCCCCCCCCCCCCCCC)COP(=O)([O-])OCC[N+](C)(C)C. The van der Waals surface area contributed by atoms with Crippen LogP contribution in [-0.2, 0) is 32.7 Å². The quantitative estimate of drug-likeness (QED) is 0.0258. The summed E-state index contributed by atoms with van der Waals surface area (Å²) in [4.78, 5) is 37.6. The summed E-state index contributed by atoms with van der Waals surface area (Å²) in [5.74, 6) is -0.816. The molecule has 0 spiro atoms. The van der Waals surface area contributed by atoms with E-state index in [0.717, 1.165) is 32.1 Å². The van der Waals surface area contributed by atoms with Crippen LogP contribution in [0.2, 0.25) is 0 Å². The number of hydrogen-bond donors (Lipinski definition) is 0. The zero-order valence-electron chi connectivity index (χ0n) is 38.3. The Hall–Kier alpha value is -0.990. The summed E-state index contributed by atoms with van der Waals surface area (Å²) in [7, 11) is 1.18. The molecule has 0 aliphatic heterocycles. The third-order valence-electron chi connectivity index (χ3n) is 10.9. The average Bonchev–Trinajstić information content (AvgIpc) is 3.16. The normalized spacial score (nSPS) is 13.4. The van der Waals surface area contributed by atoms with Crippen molar-refractivity contribution in [2.24, 2.45) is 0 Å². The van der Waals surface area contributed by atoms with Gasteiger partial charge in [0.2, 0.25) is 0 Å². The number of likely N-dealkylation sites (N-methyl/N-ethyl adjacent to an activating group) is 1. The van der Waals surface area contributed by atoms with Gasteiger partial charge in [-0.2, -0.15) is 0 Å². The van der Waals surface area contributed by atoms with Crippen LogP contribution >= 0.6 is 7.82 Å². The van der Waals surface area contributed by atoms with Crippen LogP contribution in [0.3, 0.4) is 0 Å². The lowest BCUT2D eigenvalue weighted by atomic mass is 10.0. The first kappa shape index (κ1) is 56.0. The highest BCUT2D eigenvalue weighted by Gasteiger charge is 2.21. The molecule has 0 saturated heterocycles. The maximum absolute atomic E-state index is 12.7. The topological polar surface area (TPSA) is 111 Å². The van der Waals surface area contributed by atoms with E-state index in [0.29, 0.717) is 17.4 Å². The van der Waals surface area contributed by atoms with E-state index in [1.54, 1.807) is 0 Å². The van der Waals surface area contributed by atoms with Gasteiger partial charge in [-0.3, -0.25) is 14.2 Å². The van der Waals surface area contributed by atoms with Gasteiger partial charge in [-0.05, 0) is 12.8 Å². The number of nitrogens with zero attached hydrogens (tertiary/aromatic N) is 1. The van der Waals surface area contributed by atoms with Gasteiger partial charge in [0.25, 0.3) is 7.82 Å². The molecule has 0 aromatic rings. The van der Waals surface area contributed by atoms with Gasteiger partial charge in [0, 0.05) is 12.8 Å². The molecule has 0 fully saturated rings. The minimum Gasteiger partial charge on any atom is -0.756 e. The van der Waals surface area contributed by atoms with Crippen LogP contribution in [0.1, 0.15) is 239 Å². The van der Waals surface area contributed by atoms with Crippen molar-refractivity contribution in [1.82, 2.24) is 0 Å². The van der Waals surface area contributed by atoms with E-state index in [4.69, 9.17) is 18.5 Å². The largest absolute Gasteiger partial charge is 0.756 e. The van der Waals surface area contributed by atoms with Crippen molar-refractivity contribution in [2.45, 2.75) is 245 Å². The lowest BCUT2D eigenvalue weighted by molar-refractivity contribution is -0.870.